The number of hydrogen-bond acceptors (Lipinski definition) is 5. The molecule has 0 rings (SSSR count). The molecule has 0 aromatic carbocycles. The number of rotatable bonds is 13. The summed E-state index contributed by atoms with van der Waals surface area (Å²) in [7, 11) is -2.13. The van der Waals surface area contributed by atoms with Gasteiger partial charge >= 0.3 is 9.53 Å². The van der Waals surface area contributed by atoms with Crippen LogP contribution >= 0.6 is 11.6 Å². The fraction of sp³-hybridized carbons (Fsp3) is 1.00. The molecule has 0 bridgehead atoms. The quantitative estimate of drug-likeness (QED) is 0.223. The lowest BCUT2D eigenvalue weighted by atomic mass is 10.4. The summed E-state index contributed by atoms with van der Waals surface area (Å²) < 4.78 is 26.4. The van der Waals surface area contributed by atoms with Gasteiger partial charge in [0.15, 0.2) is 0 Å². The van der Waals surface area contributed by atoms with E-state index in [-0.39, 0.29) is 13.6 Å². The lowest BCUT2D eigenvalue weighted by molar-refractivity contribution is -0.0580. The van der Waals surface area contributed by atoms with E-state index in [0.29, 0.717) is 25.7 Å². The monoisotopic (exact) mass is 286 g/mol. The van der Waals surface area contributed by atoms with Crippen molar-refractivity contribution in [3.63, 3.8) is 0 Å². The zero-order valence-corrected chi connectivity index (χ0v) is 12.6. The molecule has 104 valence electrons. The maximum absolute atomic E-state index is 5.57. The number of hydrogen-bond donors (Lipinski definition) is 0. The fourth-order valence-corrected chi connectivity index (χ4v) is 2.15. The van der Waals surface area contributed by atoms with Gasteiger partial charge in [-0.2, -0.15) is 0 Å². The van der Waals surface area contributed by atoms with Gasteiger partial charge in [0.25, 0.3) is 0 Å². The molecule has 5 nitrogen and oxygen atoms in total. The third kappa shape index (κ3) is 12.6. The standard InChI is InChI=1S/C10H23ClO5Si/c1-3-12-9-15-17(16-10-13-4-2)14-8-6-5-7-11/h17H,3-10H2,1-2H3. The van der Waals surface area contributed by atoms with Gasteiger partial charge in [-0.1, -0.05) is 0 Å². The average Bonchev–Trinajstić information content (AvgIpc) is 2.34. The molecule has 0 radical (unpaired) electrons. The summed E-state index contributed by atoms with van der Waals surface area (Å²) in [5, 5.41) is 0. The van der Waals surface area contributed by atoms with Gasteiger partial charge in [0.1, 0.15) is 13.6 Å². The molecule has 0 spiro atoms. The van der Waals surface area contributed by atoms with Crippen LogP contribution in [0.2, 0.25) is 0 Å². The molecular formula is C10H23ClO5Si. The number of ether oxygens (including phenoxy) is 2. The predicted octanol–water partition coefficient (Wildman–Crippen LogP) is 1.76. The van der Waals surface area contributed by atoms with Crippen LogP contribution in [0.15, 0.2) is 0 Å². The molecule has 7 heteroatoms. The Hall–Kier alpha value is 0.307. The van der Waals surface area contributed by atoms with Crippen molar-refractivity contribution in [1.82, 2.24) is 0 Å². The van der Waals surface area contributed by atoms with E-state index in [1.54, 1.807) is 0 Å². The summed E-state index contributed by atoms with van der Waals surface area (Å²) in [5.41, 5.74) is 0. The molecule has 0 aromatic heterocycles. The minimum Gasteiger partial charge on any atom is -0.376 e. The lowest BCUT2D eigenvalue weighted by Crippen LogP contribution is -2.30. The van der Waals surface area contributed by atoms with Crippen molar-refractivity contribution < 1.29 is 22.8 Å². The van der Waals surface area contributed by atoms with E-state index in [4.69, 9.17) is 34.4 Å². The van der Waals surface area contributed by atoms with Gasteiger partial charge in [0.05, 0.1) is 0 Å². The number of unbranched alkanes of at least 4 members (excludes halogenated alkanes) is 1. The van der Waals surface area contributed by atoms with E-state index >= 15 is 0 Å². The highest BCUT2D eigenvalue weighted by Crippen LogP contribution is 1.98. The minimum atomic E-state index is -2.13. The van der Waals surface area contributed by atoms with Gasteiger partial charge in [-0.3, -0.25) is 0 Å². The Morgan fingerprint density at radius 1 is 0.882 bits per heavy atom. The van der Waals surface area contributed by atoms with E-state index in [9.17, 15) is 0 Å². The highest BCUT2D eigenvalue weighted by Gasteiger charge is 2.15. The largest absolute Gasteiger partial charge is 0.487 e. The Labute approximate surface area is 110 Å². The van der Waals surface area contributed by atoms with Crippen LogP contribution in [-0.2, 0) is 22.8 Å². The summed E-state index contributed by atoms with van der Waals surface area (Å²) in [5.74, 6) is 0.648. The predicted molar refractivity (Wildman–Crippen MR) is 68.2 cm³/mol. The highest BCUT2D eigenvalue weighted by atomic mass is 35.5. The second kappa shape index (κ2) is 14.4. The molecule has 0 heterocycles. The summed E-state index contributed by atoms with van der Waals surface area (Å²) in [6.45, 7) is 6.04. The van der Waals surface area contributed by atoms with Gasteiger partial charge in [-0.25, -0.2) is 0 Å². The van der Waals surface area contributed by atoms with Crippen molar-refractivity contribution in [2.45, 2.75) is 26.7 Å². The molecule has 17 heavy (non-hydrogen) atoms. The van der Waals surface area contributed by atoms with Crippen LogP contribution in [0.25, 0.3) is 0 Å². The first-order chi connectivity index (χ1) is 8.35. The van der Waals surface area contributed by atoms with Gasteiger partial charge in [0.2, 0.25) is 0 Å². The van der Waals surface area contributed by atoms with Crippen molar-refractivity contribution in [3.05, 3.63) is 0 Å². The van der Waals surface area contributed by atoms with Crippen LogP contribution < -0.4 is 0 Å². The van der Waals surface area contributed by atoms with Crippen molar-refractivity contribution in [1.29, 1.82) is 0 Å². The Balaban J connectivity index is 3.60. The van der Waals surface area contributed by atoms with E-state index in [1.165, 1.54) is 0 Å². The van der Waals surface area contributed by atoms with Gasteiger partial charge in [-0.15, -0.1) is 11.6 Å². The second-order valence-electron chi connectivity index (χ2n) is 3.11. The summed E-state index contributed by atoms with van der Waals surface area (Å²) >= 11 is 5.57. The third-order valence-electron chi connectivity index (χ3n) is 1.77. The third-order valence-corrected chi connectivity index (χ3v) is 3.36. The normalized spacial score (nSPS) is 11.3. The van der Waals surface area contributed by atoms with Crippen molar-refractivity contribution in [2.75, 3.05) is 39.3 Å². The Kier molecular flexibility index (Phi) is 14.6. The van der Waals surface area contributed by atoms with Crippen LogP contribution in [0.4, 0.5) is 0 Å². The van der Waals surface area contributed by atoms with Crippen LogP contribution in [0.3, 0.4) is 0 Å². The van der Waals surface area contributed by atoms with Gasteiger partial charge < -0.3 is 22.8 Å². The SMILES string of the molecule is CCOCO[SiH](OCCCCCl)OCOCC. The molecule has 0 aromatic rings. The highest BCUT2D eigenvalue weighted by molar-refractivity contribution is 6.36. The van der Waals surface area contributed by atoms with Crippen LogP contribution in [0.1, 0.15) is 26.7 Å². The molecule has 0 atom stereocenters. The minimum absolute atomic E-state index is 0.203. The average molecular weight is 287 g/mol. The van der Waals surface area contributed by atoms with Crippen molar-refractivity contribution >= 4 is 21.1 Å². The van der Waals surface area contributed by atoms with E-state index in [2.05, 4.69) is 0 Å². The van der Waals surface area contributed by atoms with E-state index < -0.39 is 9.53 Å². The lowest BCUT2D eigenvalue weighted by Gasteiger charge is -2.16. The van der Waals surface area contributed by atoms with Gasteiger partial charge in [0, 0.05) is 25.7 Å². The van der Waals surface area contributed by atoms with Crippen LogP contribution in [0, 0.1) is 0 Å². The molecule has 0 amide bonds. The van der Waals surface area contributed by atoms with Crippen molar-refractivity contribution in [3.8, 4) is 0 Å². The molecule has 0 aliphatic rings. The Bertz CT molecular complexity index is 143. The summed E-state index contributed by atoms with van der Waals surface area (Å²) in [6, 6.07) is 0. The first-order valence-electron chi connectivity index (χ1n) is 5.91. The smallest absolute Gasteiger partial charge is 0.376 e. The second-order valence-corrected chi connectivity index (χ2v) is 5.07. The van der Waals surface area contributed by atoms with Crippen LogP contribution in [-0.4, -0.2) is 48.8 Å². The molecule has 0 fully saturated rings. The number of halogens is 1. The molecular weight excluding hydrogens is 264 g/mol. The molecule has 0 N–H and O–H groups in total. The molecule has 0 aliphatic heterocycles. The maximum Gasteiger partial charge on any atom is 0.487 e. The number of alkyl halides is 1. The fourth-order valence-electron chi connectivity index (χ4n) is 0.894. The summed E-state index contributed by atoms with van der Waals surface area (Å²) in [6.07, 6.45) is 1.84. The molecule has 0 saturated heterocycles. The van der Waals surface area contributed by atoms with E-state index in [1.807, 2.05) is 13.8 Å². The molecule has 0 saturated carbocycles. The van der Waals surface area contributed by atoms with Crippen LogP contribution in [0.5, 0.6) is 0 Å². The molecule has 0 aliphatic carbocycles. The zero-order valence-electron chi connectivity index (χ0n) is 10.7. The first-order valence-corrected chi connectivity index (χ1v) is 7.86. The zero-order chi connectivity index (χ0) is 12.8. The molecule has 0 unspecified atom stereocenters. The van der Waals surface area contributed by atoms with Crippen molar-refractivity contribution in [2.24, 2.45) is 0 Å². The first kappa shape index (κ1) is 17.3. The Morgan fingerprint density at radius 3 is 1.94 bits per heavy atom. The topological polar surface area (TPSA) is 46.2 Å². The van der Waals surface area contributed by atoms with Gasteiger partial charge in [-0.05, 0) is 26.7 Å². The maximum atomic E-state index is 5.57. The summed E-state index contributed by atoms with van der Waals surface area (Å²) in [4.78, 5) is 0. The van der Waals surface area contributed by atoms with E-state index in [0.717, 1.165) is 12.8 Å². The Morgan fingerprint density at radius 2 is 1.47 bits per heavy atom.